The van der Waals surface area contributed by atoms with Gasteiger partial charge in [0.15, 0.2) is 0 Å². The van der Waals surface area contributed by atoms with E-state index in [0.717, 1.165) is 12.1 Å². The second-order valence-corrected chi connectivity index (χ2v) is 2.85. The number of nitrogens with one attached hydrogen (secondary N) is 1. The number of hydrogen-bond donors (Lipinski definition) is 1. The van der Waals surface area contributed by atoms with Crippen LogP contribution in [0.2, 0.25) is 0 Å². The molecule has 0 aliphatic carbocycles. The van der Waals surface area contributed by atoms with Crippen LogP contribution in [0.5, 0.6) is 0 Å². The van der Waals surface area contributed by atoms with E-state index in [1.165, 1.54) is 5.56 Å². The molecule has 74 valence electrons. The smallest absolute Gasteiger partial charge is 0.237 e. The third kappa shape index (κ3) is 3.13. The van der Waals surface area contributed by atoms with Crippen molar-refractivity contribution in [1.29, 1.82) is 10.5 Å². The molecular weight excluding hydrogens is 188 g/mol. The molecule has 4 heteroatoms. The molecule has 0 saturated carbocycles. The van der Waals surface area contributed by atoms with Gasteiger partial charge >= 0.3 is 0 Å². The zero-order chi connectivity index (χ0) is 11.1. The van der Waals surface area contributed by atoms with Crippen LogP contribution in [0.1, 0.15) is 12.5 Å². The van der Waals surface area contributed by atoms with Crippen molar-refractivity contribution in [1.82, 2.24) is 0 Å². The molecule has 1 aromatic rings. The van der Waals surface area contributed by atoms with Gasteiger partial charge in [-0.1, -0.05) is 19.1 Å². The van der Waals surface area contributed by atoms with E-state index in [1.54, 1.807) is 12.1 Å². The number of benzene rings is 1. The van der Waals surface area contributed by atoms with Crippen molar-refractivity contribution >= 4 is 11.4 Å². The molecule has 4 nitrogen and oxygen atoms in total. The average Bonchev–Trinajstić information content (AvgIpc) is 2.31. The van der Waals surface area contributed by atoms with Crippen molar-refractivity contribution in [2.75, 3.05) is 5.43 Å². The fraction of sp³-hybridized carbons (Fsp3) is 0.182. The van der Waals surface area contributed by atoms with E-state index >= 15 is 0 Å². The molecule has 0 aromatic heterocycles. The Labute approximate surface area is 88.5 Å². The second-order valence-electron chi connectivity index (χ2n) is 2.85. The van der Waals surface area contributed by atoms with Gasteiger partial charge in [0.1, 0.15) is 12.1 Å². The molecule has 0 saturated heterocycles. The van der Waals surface area contributed by atoms with E-state index in [4.69, 9.17) is 10.5 Å². The lowest BCUT2D eigenvalue weighted by Gasteiger charge is -2.01. The Kier molecular flexibility index (Phi) is 3.88. The third-order valence-corrected chi connectivity index (χ3v) is 1.84. The Bertz CT molecular complexity index is 432. The van der Waals surface area contributed by atoms with Crippen LogP contribution < -0.4 is 5.43 Å². The Morgan fingerprint density at radius 2 is 2.13 bits per heavy atom. The molecule has 15 heavy (non-hydrogen) atoms. The zero-order valence-electron chi connectivity index (χ0n) is 8.36. The predicted octanol–water partition coefficient (Wildman–Crippen LogP) is 2.06. The normalized spacial score (nSPS) is 8.47. The van der Waals surface area contributed by atoms with Crippen LogP contribution in [0.15, 0.2) is 29.4 Å². The van der Waals surface area contributed by atoms with Gasteiger partial charge in [0.05, 0.1) is 5.69 Å². The van der Waals surface area contributed by atoms with Crippen molar-refractivity contribution in [3.63, 3.8) is 0 Å². The molecule has 0 radical (unpaired) electrons. The van der Waals surface area contributed by atoms with Crippen LogP contribution in [-0.4, -0.2) is 5.71 Å². The fourth-order valence-electron chi connectivity index (χ4n) is 1.06. The highest BCUT2D eigenvalue weighted by Gasteiger charge is 1.95. The summed E-state index contributed by atoms with van der Waals surface area (Å²) in [6.07, 6.45) is 0.933. The minimum absolute atomic E-state index is 0.183. The minimum Gasteiger partial charge on any atom is -0.277 e. The SMILES string of the molecule is CCc1cccc(NN=C(C#N)C#N)c1. The van der Waals surface area contributed by atoms with E-state index in [-0.39, 0.29) is 5.71 Å². The lowest BCUT2D eigenvalue weighted by molar-refractivity contribution is 1.14. The number of aryl methyl sites for hydroxylation is 1. The summed E-state index contributed by atoms with van der Waals surface area (Å²) >= 11 is 0. The van der Waals surface area contributed by atoms with Crippen molar-refractivity contribution in [2.45, 2.75) is 13.3 Å². The largest absolute Gasteiger partial charge is 0.277 e. The fourth-order valence-corrected chi connectivity index (χ4v) is 1.06. The molecule has 0 aliphatic heterocycles. The van der Waals surface area contributed by atoms with Crippen LogP contribution in [0, 0.1) is 22.7 Å². The maximum absolute atomic E-state index is 8.46. The first-order valence-electron chi connectivity index (χ1n) is 4.53. The summed E-state index contributed by atoms with van der Waals surface area (Å²) in [5.74, 6) is 0. The van der Waals surface area contributed by atoms with E-state index < -0.39 is 0 Å². The van der Waals surface area contributed by atoms with E-state index in [0.29, 0.717) is 0 Å². The summed E-state index contributed by atoms with van der Waals surface area (Å²) in [6, 6.07) is 11.0. The standard InChI is InChI=1S/C11H10N4/c1-2-9-4-3-5-10(6-9)14-15-11(7-12)8-13/h3-6,14H,2H2,1H3. The summed E-state index contributed by atoms with van der Waals surface area (Å²) in [6.45, 7) is 2.05. The topological polar surface area (TPSA) is 72.0 Å². The lowest BCUT2D eigenvalue weighted by atomic mass is 10.1. The second kappa shape index (κ2) is 5.41. The van der Waals surface area contributed by atoms with Gasteiger partial charge in [0.25, 0.3) is 0 Å². The Morgan fingerprint density at radius 3 is 2.73 bits per heavy atom. The molecule has 1 N–H and O–H groups in total. The minimum atomic E-state index is -0.183. The molecule has 1 aromatic carbocycles. The van der Waals surface area contributed by atoms with E-state index in [1.807, 2.05) is 24.3 Å². The van der Waals surface area contributed by atoms with Crippen LogP contribution in [0.25, 0.3) is 0 Å². The maximum Gasteiger partial charge on any atom is 0.237 e. The molecule has 0 amide bonds. The summed E-state index contributed by atoms with van der Waals surface area (Å²) in [5.41, 5.74) is 4.43. The molecule has 0 fully saturated rings. The number of nitrogens with zero attached hydrogens (tertiary/aromatic N) is 3. The Balaban J connectivity index is 2.79. The lowest BCUT2D eigenvalue weighted by Crippen LogP contribution is -1.96. The van der Waals surface area contributed by atoms with Gasteiger partial charge < -0.3 is 0 Å². The summed E-state index contributed by atoms with van der Waals surface area (Å²) < 4.78 is 0. The van der Waals surface area contributed by atoms with Crippen molar-refractivity contribution in [3.8, 4) is 12.1 Å². The highest BCUT2D eigenvalue weighted by atomic mass is 15.3. The molecule has 0 atom stereocenters. The van der Waals surface area contributed by atoms with Gasteiger partial charge in [-0.3, -0.25) is 5.43 Å². The van der Waals surface area contributed by atoms with Crippen molar-refractivity contribution in [3.05, 3.63) is 29.8 Å². The first-order chi connectivity index (χ1) is 7.30. The summed E-state index contributed by atoms with van der Waals surface area (Å²) in [5, 5.41) is 20.6. The number of hydrogen-bond acceptors (Lipinski definition) is 4. The molecule has 0 aliphatic rings. The molecule has 0 unspecified atom stereocenters. The quantitative estimate of drug-likeness (QED) is 0.596. The van der Waals surface area contributed by atoms with Crippen molar-refractivity contribution in [2.24, 2.45) is 5.10 Å². The van der Waals surface area contributed by atoms with E-state index in [2.05, 4.69) is 17.5 Å². The Morgan fingerprint density at radius 1 is 1.40 bits per heavy atom. The molecule has 0 heterocycles. The summed E-state index contributed by atoms with van der Waals surface area (Å²) in [4.78, 5) is 0. The maximum atomic E-state index is 8.46. The zero-order valence-corrected chi connectivity index (χ0v) is 8.36. The van der Waals surface area contributed by atoms with Gasteiger partial charge in [-0.25, -0.2) is 0 Å². The third-order valence-electron chi connectivity index (χ3n) is 1.84. The molecular formula is C11H10N4. The monoisotopic (exact) mass is 198 g/mol. The number of hydrazone groups is 1. The van der Waals surface area contributed by atoms with Crippen LogP contribution in [0.4, 0.5) is 5.69 Å². The van der Waals surface area contributed by atoms with Gasteiger partial charge in [0, 0.05) is 0 Å². The molecule has 1 rings (SSSR count). The van der Waals surface area contributed by atoms with Gasteiger partial charge in [-0.2, -0.15) is 15.6 Å². The summed E-state index contributed by atoms with van der Waals surface area (Å²) in [7, 11) is 0. The van der Waals surface area contributed by atoms with Gasteiger partial charge in [-0.15, -0.1) is 0 Å². The predicted molar refractivity (Wildman–Crippen MR) is 58.1 cm³/mol. The molecule has 0 spiro atoms. The first kappa shape index (κ1) is 10.7. The first-order valence-corrected chi connectivity index (χ1v) is 4.53. The van der Waals surface area contributed by atoms with Crippen LogP contribution in [-0.2, 0) is 6.42 Å². The number of nitriles is 2. The number of rotatable bonds is 3. The van der Waals surface area contributed by atoms with Crippen molar-refractivity contribution < 1.29 is 0 Å². The van der Waals surface area contributed by atoms with Crippen LogP contribution in [0.3, 0.4) is 0 Å². The van der Waals surface area contributed by atoms with E-state index in [9.17, 15) is 0 Å². The highest BCUT2D eigenvalue weighted by molar-refractivity contribution is 6.10. The average molecular weight is 198 g/mol. The Hall–Kier alpha value is -2.33. The van der Waals surface area contributed by atoms with Crippen LogP contribution >= 0.6 is 0 Å². The molecule has 0 bridgehead atoms. The highest BCUT2D eigenvalue weighted by Crippen LogP contribution is 2.10. The van der Waals surface area contributed by atoms with Gasteiger partial charge in [0.2, 0.25) is 5.71 Å². The number of anilines is 1. The van der Waals surface area contributed by atoms with Gasteiger partial charge in [-0.05, 0) is 24.1 Å².